The largest absolute Gasteiger partial charge is 0.508 e. The van der Waals surface area contributed by atoms with Gasteiger partial charge in [-0.3, -0.25) is 19.2 Å². The van der Waals surface area contributed by atoms with Crippen molar-refractivity contribution in [1.29, 1.82) is 0 Å². The van der Waals surface area contributed by atoms with Gasteiger partial charge in [0.1, 0.15) is 17.8 Å². The van der Waals surface area contributed by atoms with Crippen LogP contribution < -0.4 is 16.0 Å². The van der Waals surface area contributed by atoms with Crippen molar-refractivity contribution in [3.05, 3.63) is 65.7 Å². The van der Waals surface area contributed by atoms with Gasteiger partial charge in [-0.2, -0.15) is 12.6 Å². The van der Waals surface area contributed by atoms with Gasteiger partial charge in [-0.25, -0.2) is 0 Å². The van der Waals surface area contributed by atoms with Gasteiger partial charge in [0.2, 0.25) is 23.6 Å². The molecule has 2 saturated heterocycles. The van der Waals surface area contributed by atoms with E-state index in [1.807, 2.05) is 30.3 Å². The molecule has 10 heteroatoms. The van der Waals surface area contributed by atoms with Crippen LogP contribution in [0.1, 0.15) is 49.3 Å². The number of benzene rings is 2. The summed E-state index contributed by atoms with van der Waals surface area (Å²) in [6, 6.07) is 14.0. The van der Waals surface area contributed by atoms with Crippen LogP contribution in [0.25, 0.3) is 0 Å². The van der Waals surface area contributed by atoms with Gasteiger partial charge in [0.25, 0.3) is 0 Å². The molecule has 0 aliphatic carbocycles. The Morgan fingerprint density at radius 2 is 1.62 bits per heavy atom. The fraction of sp³-hybridized carbons (Fsp3) is 0.448. The first-order chi connectivity index (χ1) is 18.9. The summed E-state index contributed by atoms with van der Waals surface area (Å²) in [5, 5.41) is 18.5. The van der Waals surface area contributed by atoms with Gasteiger partial charge in [0.15, 0.2) is 0 Å². The Morgan fingerprint density at radius 3 is 2.28 bits per heavy atom. The number of carbonyl (C=O) groups is 4. The number of rotatable bonds is 12. The third-order valence-corrected chi connectivity index (χ3v) is 7.68. The highest BCUT2D eigenvalue weighted by Crippen LogP contribution is 2.43. The highest BCUT2D eigenvalue weighted by atomic mass is 32.1. The molecule has 39 heavy (non-hydrogen) atoms. The number of aromatic hydroxyl groups is 1. The molecule has 4 rings (SSSR count). The van der Waals surface area contributed by atoms with Crippen LogP contribution in [0, 0.1) is 5.92 Å². The van der Waals surface area contributed by atoms with E-state index in [0.29, 0.717) is 25.1 Å². The molecule has 2 heterocycles. The number of hydrogen-bond acceptors (Lipinski definition) is 6. The van der Waals surface area contributed by atoms with Crippen LogP contribution in [0.2, 0.25) is 0 Å². The zero-order valence-corrected chi connectivity index (χ0v) is 22.7. The zero-order chi connectivity index (χ0) is 27.8. The Hall–Kier alpha value is -3.53. The number of amides is 4. The fourth-order valence-electron chi connectivity index (χ4n) is 5.44. The first-order valence-corrected chi connectivity index (χ1v) is 14.1. The maximum absolute atomic E-state index is 13.7. The SMILES string of the molecule is O=C(CS)NCCCCCCNC(=O)[C@H]1C[C@H]2C(=O)N[C@@H](Cc3ccccc3)C(=O)N2[C@H]1c1ccc(O)cc1. The normalized spacial score (nSPS) is 22.2. The van der Waals surface area contributed by atoms with Gasteiger partial charge < -0.3 is 26.0 Å². The third kappa shape index (κ3) is 7.11. The maximum Gasteiger partial charge on any atom is 0.246 e. The molecule has 0 saturated carbocycles. The molecule has 2 fully saturated rings. The van der Waals surface area contributed by atoms with Crippen LogP contribution in [0.5, 0.6) is 5.75 Å². The lowest BCUT2D eigenvalue weighted by Crippen LogP contribution is -2.62. The van der Waals surface area contributed by atoms with Gasteiger partial charge in [0, 0.05) is 19.5 Å². The van der Waals surface area contributed by atoms with E-state index in [-0.39, 0.29) is 41.6 Å². The molecule has 0 aromatic heterocycles. The highest BCUT2D eigenvalue weighted by molar-refractivity contribution is 7.81. The number of hydrogen-bond donors (Lipinski definition) is 5. The predicted octanol–water partition coefficient (Wildman–Crippen LogP) is 2.11. The molecule has 208 valence electrons. The number of nitrogens with zero attached hydrogens (tertiary/aromatic N) is 1. The standard InChI is InChI=1S/C29H36N4O5S/c34-21-12-10-20(11-13-21)26-22(27(36)31-15-7-2-1-6-14-30-25(35)18-39)17-24-28(37)32-23(29(38)33(24)26)16-19-8-4-3-5-9-19/h3-5,8-13,22-24,26,34,39H,1-2,6-7,14-18H2,(H,30,35)(H,31,36)(H,32,37)/t22-,23-,24-,26-/m0/s1. The highest BCUT2D eigenvalue weighted by Gasteiger charge is 2.54. The van der Waals surface area contributed by atoms with Crippen molar-refractivity contribution in [2.45, 2.75) is 56.7 Å². The lowest BCUT2D eigenvalue weighted by atomic mass is 9.92. The van der Waals surface area contributed by atoms with Crippen molar-refractivity contribution < 1.29 is 24.3 Å². The van der Waals surface area contributed by atoms with Crippen LogP contribution in [0.3, 0.4) is 0 Å². The molecular formula is C29H36N4O5S. The van der Waals surface area contributed by atoms with E-state index in [9.17, 15) is 24.3 Å². The van der Waals surface area contributed by atoms with Crippen LogP contribution in [0.4, 0.5) is 0 Å². The first kappa shape index (κ1) is 28.5. The average molecular weight is 553 g/mol. The Labute approximate surface area is 234 Å². The predicted molar refractivity (Wildman–Crippen MR) is 150 cm³/mol. The van der Waals surface area contributed by atoms with Crippen molar-refractivity contribution in [2.24, 2.45) is 5.92 Å². The van der Waals surface area contributed by atoms with Crippen molar-refractivity contribution in [3.63, 3.8) is 0 Å². The molecular weight excluding hydrogens is 516 g/mol. The van der Waals surface area contributed by atoms with Gasteiger partial charge >= 0.3 is 0 Å². The number of piperazine rings is 1. The molecule has 9 nitrogen and oxygen atoms in total. The second-order valence-corrected chi connectivity index (χ2v) is 10.4. The average Bonchev–Trinajstić information content (AvgIpc) is 3.35. The van der Waals surface area contributed by atoms with E-state index >= 15 is 0 Å². The number of fused-ring (bicyclic) bond motifs is 1. The number of nitrogens with one attached hydrogen (secondary N) is 3. The molecule has 0 spiro atoms. The summed E-state index contributed by atoms with van der Waals surface area (Å²) < 4.78 is 0. The van der Waals surface area contributed by atoms with E-state index < -0.39 is 24.0 Å². The lowest BCUT2D eigenvalue weighted by Gasteiger charge is -2.38. The van der Waals surface area contributed by atoms with E-state index in [1.54, 1.807) is 17.0 Å². The summed E-state index contributed by atoms with van der Waals surface area (Å²) in [6.07, 6.45) is 4.07. The smallest absolute Gasteiger partial charge is 0.246 e. The summed E-state index contributed by atoms with van der Waals surface area (Å²) in [6.45, 7) is 1.10. The van der Waals surface area contributed by atoms with Crippen molar-refractivity contribution in [1.82, 2.24) is 20.9 Å². The van der Waals surface area contributed by atoms with Crippen molar-refractivity contribution in [3.8, 4) is 5.75 Å². The Kier molecular flexibility index (Phi) is 9.86. The molecule has 4 atom stereocenters. The molecule has 2 aliphatic rings. The van der Waals surface area contributed by atoms with Gasteiger partial charge in [0.05, 0.1) is 17.7 Å². The van der Waals surface area contributed by atoms with Crippen LogP contribution in [-0.4, -0.2) is 64.6 Å². The van der Waals surface area contributed by atoms with Crippen LogP contribution in [-0.2, 0) is 25.6 Å². The second-order valence-electron chi connectivity index (χ2n) is 10.1. The van der Waals surface area contributed by atoms with E-state index in [4.69, 9.17) is 0 Å². The summed E-state index contributed by atoms with van der Waals surface area (Å²) in [4.78, 5) is 53.1. The molecule has 2 aromatic rings. The summed E-state index contributed by atoms with van der Waals surface area (Å²) in [5.74, 6) is -1.06. The topological polar surface area (TPSA) is 128 Å². The van der Waals surface area contributed by atoms with Crippen LogP contribution >= 0.6 is 12.6 Å². The van der Waals surface area contributed by atoms with E-state index in [2.05, 4.69) is 28.6 Å². The van der Waals surface area contributed by atoms with Crippen LogP contribution in [0.15, 0.2) is 54.6 Å². The van der Waals surface area contributed by atoms with Crippen molar-refractivity contribution >= 4 is 36.3 Å². The number of carbonyl (C=O) groups excluding carboxylic acids is 4. The molecule has 0 bridgehead atoms. The maximum atomic E-state index is 13.7. The first-order valence-electron chi connectivity index (χ1n) is 13.5. The Morgan fingerprint density at radius 1 is 0.949 bits per heavy atom. The number of unbranched alkanes of at least 4 members (excludes halogenated alkanes) is 3. The molecule has 4 amide bonds. The quantitative estimate of drug-likeness (QED) is 0.204. The summed E-state index contributed by atoms with van der Waals surface area (Å²) in [7, 11) is 0. The van der Waals surface area contributed by atoms with E-state index in [1.165, 1.54) is 12.1 Å². The number of phenols is 1. The fourth-order valence-corrected chi connectivity index (χ4v) is 5.55. The Balaban J connectivity index is 1.41. The third-order valence-electron chi connectivity index (χ3n) is 7.39. The van der Waals surface area contributed by atoms with Gasteiger partial charge in [-0.15, -0.1) is 0 Å². The minimum atomic E-state index is -0.730. The minimum Gasteiger partial charge on any atom is -0.508 e. The molecule has 2 aliphatic heterocycles. The second kappa shape index (κ2) is 13.5. The summed E-state index contributed by atoms with van der Waals surface area (Å²) >= 11 is 3.93. The van der Waals surface area contributed by atoms with Crippen molar-refractivity contribution in [2.75, 3.05) is 18.8 Å². The summed E-state index contributed by atoms with van der Waals surface area (Å²) in [5.41, 5.74) is 1.65. The lowest BCUT2D eigenvalue weighted by molar-refractivity contribution is -0.149. The van der Waals surface area contributed by atoms with E-state index in [0.717, 1.165) is 31.2 Å². The zero-order valence-electron chi connectivity index (χ0n) is 21.8. The molecule has 4 N–H and O–H groups in total. The Bertz CT molecular complexity index is 1160. The molecule has 2 aromatic carbocycles. The van der Waals surface area contributed by atoms with Gasteiger partial charge in [-0.05, 0) is 42.5 Å². The monoisotopic (exact) mass is 552 g/mol. The van der Waals surface area contributed by atoms with Gasteiger partial charge in [-0.1, -0.05) is 55.3 Å². The number of thiol groups is 1. The minimum absolute atomic E-state index is 0.0831. The number of phenolic OH excluding ortho intramolecular Hbond substituents is 1. The molecule has 0 unspecified atom stereocenters. The molecule has 0 radical (unpaired) electrons.